The number of anilines is 2. The maximum Gasteiger partial charge on any atom is 0.253 e. The lowest BCUT2D eigenvalue weighted by molar-refractivity contribution is -0.124. The van der Waals surface area contributed by atoms with Gasteiger partial charge in [-0.1, -0.05) is 11.6 Å². The lowest BCUT2D eigenvalue weighted by atomic mass is 10.1. The van der Waals surface area contributed by atoms with E-state index in [1.807, 2.05) is 0 Å². The summed E-state index contributed by atoms with van der Waals surface area (Å²) in [5.74, 6) is -0.223. The van der Waals surface area contributed by atoms with Crippen molar-refractivity contribution >= 4 is 39.9 Å². The molecule has 0 bridgehead atoms. The van der Waals surface area contributed by atoms with Crippen LogP contribution >= 0.6 is 11.6 Å². The van der Waals surface area contributed by atoms with Crippen LogP contribution in [0.25, 0.3) is 11.0 Å². The van der Waals surface area contributed by atoms with Gasteiger partial charge in [0.25, 0.3) is 5.91 Å². The Labute approximate surface area is 145 Å². The fraction of sp³-hybridized carbons (Fsp3) is 0.500. The van der Waals surface area contributed by atoms with Crippen LogP contribution in [0.15, 0.2) is 12.4 Å². The van der Waals surface area contributed by atoms with Gasteiger partial charge in [0.05, 0.1) is 28.0 Å². The number of rotatable bonds is 4. The SMILES string of the molecule is CO[C@@H](C)C(=O)Nc1c[nH]c2ncc(Cl)c(N3CCC[C@@H](N)C3)c12. The topological polar surface area (TPSA) is 96.3 Å². The van der Waals surface area contributed by atoms with Gasteiger partial charge >= 0.3 is 0 Å². The molecule has 0 aliphatic carbocycles. The summed E-state index contributed by atoms with van der Waals surface area (Å²) in [6, 6.07) is 0.114. The number of amides is 1. The second kappa shape index (κ2) is 6.96. The molecule has 0 aromatic carbocycles. The molecule has 130 valence electrons. The van der Waals surface area contributed by atoms with Gasteiger partial charge in [0.15, 0.2) is 0 Å². The Morgan fingerprint density at radius 1 is 1.62 bits per heavy atom. The first-order valence-electron chi connectivity index (χ1n) is 8.01. The van der Waals surface area contributed by atoms with Crippen LogP contribution in [-0.4, -0.2) is 48.2 Å². The molecule has 8 heteroatoms. The lowest BCUT2D eigenvalue weighted by Gasteiger charge is -2.33. The highest BCUT2D eigenvalue weighted by Crippen LogP contribution is 2.38. The Bertz CT molecular complexity index is 747. The van der Waals surface area contributed by atoms with Gasteiger partial charge in [0, 0.05) is 32.4 Å². The monoisotopic (exact) mass is 351 g/mol. The zero-order chi connectivity index (χ0) is 17.3. The molecule has 1 fully saturated rings. The van der Waals surface area contributed by atoms with Crippen molar-refractivity contribution in [1.82, 2.24) is 9.97 Å². The van der Waals surface area contributed by atoms with Crippen molar-refractivity contribution in [1.29, 1.82) is 0 Å². The molecule has 0 unspecified atom stereocenters. The number of carbonyl (C=O) groups excluding carboxylic acids is 1. The summed E-state index contributed by atoms with van der Waals surface area (Å²) in [5, 5.41) is 4.23. The molecule has 1 amide bonds. The number of piperidine rings is 1. The first-order chi connectivity index (χ1) is 11.5. The van der Waals surface area contributed by atoms with Crippen molar-refractivity contribution in [2.45, 2.75) is 31.9 Å². The number of nitrogens with two attached hydrogens (primary N) is 1. The second-order valence-electron chi connectivity index (χ2n) is 6.10. The van der Waals surface area contributed by atoms with Crippen LogP contribution in [0, 0.1) is 0 Å². The molecule has 0 spiro atoms. The van der Waals surface area contributed by atoms with Crippen LogP contribution in [0.3, 0.4) is 0 Å². The van der Waals surface area contributed by atoms with Crippen molar-refractivity contribution in [2.24, 2.45) is 5.73 Å². The molecule has 1 aliphatic heterocycles. The lowest BCUT2D eigenvalue weighted by Crippen LogP contribution is -2.43. The number of methoxy groups -OCH3 is 1. The molecule has 0 saturated carbocycles. The van der Waals surface area contributed by atoms with Crippen molar-refractivity contribution in [3.63, 3.8) is 0 Å². The number of nitrogens with one attached hydrogen (secondary N) is 2. The van der Waals surface area contributed by atoms with E-state index in [-0.39, 0.29) is 11.9 Å². The minimum Gasteiger partial charge on any atom is -0.372 e. The molecule has 4 N–H and O–H groups in total. The average Bonchev–Trinajstić information content (AvgIpc) is 2.96. The first-order valence-corrected chi connectivity index (χ1v) is 8.38. The predicted octanol–water partition coefficient (Wildman–Crippen LogP) is 2.12. The second-order valence-corrected chi connectivity index (χ2v) is 6.50. The van der Waals surface area contributed by atoms with Crippen LogP contribution in [0.1, 0.15) is 19.8 Å². The number of carbonyl (C=O) groups is 1. The molecule has 3 heterocycles. The summed E-state index contributed by atoms with van der Waals surface area (Å²) >= 11 is 6.44. The van der Waals surface area contributed by atoms with E-state index in [1.54, 1.807) is 19.3 Å². The highest BCUT2D eigenvalue weighted by molar-refractivity contribution is 6.35. The van der Waals surface area contributed by atoms with Crippen LogP contribution in [-0.2, 0) is 9.53 Å². The first kappa shape index (κ1) is 17.0. The average molecular weight is 352 g/mol. The zero-order valence-corrected chi connectivity index (χ0v) is 14.6. The number of hydrogen-bond donors (Lipinski definition) is 3. The fourth-order valence-corrected chi connectivity index (χ4v) is 3.28. The third kappa shape index (κ3) is 3.19. The number of nitrogens with zero attached hydrogens (tertiary/aromatic N) is 2. The molecule has 2 aromatic heterocycles. The van der Waals surface area contributed by atoms with E-state index in [1.165, 1.54) is 7.11 Å². The van der Waals surface area contributed by atoms with Gasteiger partial charge in [0.2, 0.25) is 0 Å². The molecule has 2 atom stereocenters. The number of H-pyrrole nitrogens is 1. The number of hydrogen-bond acceptors (Lipinski definition) is 5. The minimum atomic E-state index is -0.547. The summed E-state index contributed by atoms with van der Waals surface area (Å²) in [5.41, 5.74) is 8.29. The number of ether oxygens (including phenoxy) is 1. The molecule has 7 nitrogen and oxygen atoms in total. The number of pyridine rings is 1. The van der Waals surface area contributed by atoms with Crippen LogP contribution in [0.4, 0.5) is 11.4 Å². The van der Waals surface area contributed by atoms with Crippen molar-refractivity contribution in [2.75, 3.05) is 30.4 Å². The molecule has 3 rings (SSSR count). The quantitative estimate of drug-likeness (QED) is 0.784. The van der Waals surface area contributed by atoms with Crippen LogP contribution < -0.4 is 16.0 Å². The van der Waals surface area contributed by atoms with Gasteiger partial charge in [0.1, 0.15) is 11.8 Å². The van der Waals surface area contributed by atoms with Crippen LogP contribution in [0.5, 0.6) is 0 Å². The predicted molar refractivity (Wildman–Crippen MR) is 95.6 cm³/mol. The van der Waals surface area contributed by atoms with Gasteiger partial charge < -0.3 is 25.7 Å². The van der Waals surface area contributed by atoms with Crippen molar-refractivity contribution in [3.05, 3.63) is 17.4 Å². The third-order valence-corrected chi connectivity index (χ3v) is 4.66. The molecule has 24 heavy (non-hydrogen) atoms. The van der Waals surface area contributed by atoms with E-state index < -0.39 is 6.10 Å². The van der Waals surface area contributed by atoms with Gasteiger partial charge in [-0.05, 0) is 19.8 Å². The van der Waals surface area contributed by atoms with Gasteiger partial charge in [-0.2, -0.15) is 0 Å². The van der Waals surface area contributed by atoms with E-state index in [2.05, 4.69) is 20.2 Å². The maximum atomic E-state index is 12.2. The summed E-state index contributed by atoms with van der Waals surface area (Å²) < 4.78 is 5.07. The standard InChI is InChI=1S/C16H22ClN5O2/c1-9(24-2)16(23)21-12-7-20-15-13(12)14(11(17)6-19-15)22-5-3-4-10(18)8-22/h6-7,9-10H,3-5,8,18H2,1-2H3,(H,19,20)(H,21,23)/t9-,10+/m0/s1. The summed E-state index contributed by atoms with van der Waals surface area (Å²) in [7, 11) is 1.50. The molecular formula is C16H22ClN5O2. The Kier molecular flexibility index (Phi) is 4.93. The van der Waals surface area contributed by atoms with Gasteiger partial charge in [-0.3, -0.25) is 4.79 Å². The highest BCUT2D eigenvalue weighted by atomic mass is 35.5. The molecular weight excluding hydrogens is 330 g/mol. The summed E-state index contributed by atoms with van der Waals surface area (Å²) in [6.45, 7) is 3.30. The van der Waals surface area contributed by atoms with E-state index in [0.29, 0.717) is 16.4 Å². The number of aromatic amines is 1. The van der Waals surface area contributed by atoms with E-state index in [0.717, 1.165) is 37.0 Å². The van der Waals surface area contributed by atoms with Crippen LogP contribution in [0.2, 0.25) is 5.02 Å². The normalized spacial score (nSPS) is 19.5. The molecule has 1 saturated heterocycles. The minimum absolute atomic E-state index is 0.114. The van der Waals surface area contributed by atoms with Crippen molar-refractivity contribution < 1.29 is 9.53 Å². The summed E-state index contributed by atoms with van der Waals surface area (Å²) in [4.78, 5) is 21.7. The number of halogens is 1. The Hall–Kier alpha value is -1.83. The van der Waals surface area contributed by atoms with E-state index in [9.17, 15) is 4.79 Å². The van der Waals surface area contributed by atoms with E-state index >= 15 is 0 Å². The maximum absolute atomic E-state index is 12.2. The fourth-order valence-electron chi connectivity index (χ4n) is 3.02. The Morgan fingerprint density at radius 3 is 3.12 bits per heavy atom. The molecule has 2 aromatic rings. The zero-order valence-electron chi connectivity index (χ0n) is 13.8. The van der Waals surface area contributed by atoms with Crippen molar-refractivity contribution in [3.8, 4) is 0 Å². The smallest absolute Gasteiger partial charge is 0.253 e. The molecule has 1 aliphatic rings. The van der Waals surface area contributed by atoms with Gasteiger partial charge in [-0.15, -0.1) is 0 Å². The molecule has 0 radical (unpaired) electrons. The third-order valence-electron chi connectivity index (χ3n) is 4.38. The van der Waals surface area contributed by atoms with E-state index in [4.69, 9.17) is 22.1 Å². The number of fused-ring (bicyclic) bond motifs is 1. The van der Waals surface area contributed by atoms with Gasteiger partial charge in [-0.25, -0.2) is 4.98 Å². The Morgan fingerprint density at radius 2 is 2.42 bits per heavy atom. The Balaban J connectivity index is 2.02. The number of aromatic nitrogens is 2. The highest BCUT2D eigenvalue weighted by Gasteiger charge is 2.24. The largest absolute Gasteiger partial charge is 0.372 e. The summed E-state index contributed by atoms with van der Waals surface area (Å²) in [6.07, 6.45) is 4.81.